The third-order valence-corrected chi connectivity index (χ3v) is 2.38. The van der Waals surface area contributed by atoms with Crippen LogP contribution in [0.25, 0.3) is 10.9 Å². The maximum absolute atomic E-state index is 11.6. The molecule has 78 valence electrons. The van der Waals surface area contributed by atoms with Crippen molar-refractivity contribution < 1.29 is 5.11 Å². The first-order valence-electron chi connectivity index (χ1n) is 4.77. The van der Waals surface area contributed by atoms with Gasteiger partial charge in [0, 0.05) is 5.39 Å². The van der Waals surface area contributed by atoms with Gasteiger partial charge in [0.15, 0.2) is 0 Å². The average molecular weight is 204 g/mol. The second-order valence-electron chi connectivity index (χ2n) is 3.37. The molecule has 0 saturated heterocycles. The Hall–Kier alpha value is -1.81. The molecule has 0 amide bonds. The fraction of sp³-hybridized carbons (Fsp3) is 0.182. The summed E-state index contributed by atoms with van der Waals surface area (Å²) in [4.78, 5) is 14.3. The van der Waals surface area contributed by atoms with Crippen LogP contribution in [0.4, 0.5) is 0 Å². The molecule has 1 aromatic heterocycles. The number of nitrogens with one attached hydrogen (secondary N) is 1. The summed E-state index contributed by atoms with van der Waals surface area (Å²) in [6.45, 7) is 0.342. The Morgan fingerprint density at radius 2 is 2.07 bits per heavy atom. The van der Waals surface area contributed by atoms with Crippen molar-refractivity contribution in [3.63, 3.8) is 0 Å². The number of hydrogen-bond acceptors (Lipinski definition) is 3. The lowest BCUT2D eigenvalue weighted by Gasteiger charge is -2.05. The highest BCUT2D eigenvalue weighted by molar-refractivity contribution is 5.85. The Bertz CT molecular complexity index is 546. The van der Waals surface area contributed by atoms with Crippen molar-refractivity contribution in [3.05, 3.63) is 40.2 Å². The van der Waals surface area contributed by atoms with Crippen molar-refractivity contribution in [2.24, 2.45) is 5.73 Å². The maximum atomic E-state index is 11.6. The molecule has 4 nitrogen and oxygen atoms in total. The smallest absolute Gasteiger partial charge is 0.255 e. The van der Waals surface area contributed by atoms with Gasteiger partial charge in [-0.2, -0.15) is 0 Å². The third kappa shape index (κ3) is 1.59. The van der Waals surface area contributed by atoms with Crippen molar-refractivity contribution in [2.75, 3.05) is 6.54 Å². The van der Waals surface area contributed by atoms with Crippen molar-refractivity contribution >= 4 is 10.9 Å². The molecule has 2 rings (SSSR count). The lowest BCUT2D eigenvalue weighted by Crippen LogP contribution is -2.16. The van der Waals surface area contributed by atoms with Crippen LogP contribution in [-0.2, 0) is 6.42 Å². The zero-order chi connectivity index (χ0) is 10.8. The summed E-state index contributed by atoms with van der Waals surface area (Å²) in [7, 11) is 0. The molecule has 15 heavy (non-hydrogen) atoms. The number of rotatable bonds is 2. The van der Waals surface area contributed by atoms with Gasteiger partial charge in [0.2, 0.25) is 0 Å². The van der Waals surface area contributed by atoms with E-state index in [0.717, 1.165) is 0 Å². The standard InChI is InChI=1S/C11H12N2O2/c12-6-5-8-10(14)7-3-1-2-4-9(7)13-11(8)15/h1-4H,5-6,12H2,(H2,13,14,15). The molecule has 0 aliphatic carbocycles. The van der Waals surface area contributed by atoms with Gasteiger partial charge in [-0.15, -0.1) is 0 Å². The van der Waals surface area contributed by atoms with Crippen LogP contribution in [0.2, 0.25) is 0 Å². The Morgan fingerprint density at radius 1 is 1.33 bits per heavy atom. The lowest BCUT2D eigenvalue weighted by atomic mass is 10.1. The number of nitrogens with two attached hydrogens (primary N) is 1. The molecule has 0 spiro atoms. The number of aromatic hydroxyl groups is 1. The minimum Gasteiger partial charge on any atom is -0.507 e. The van der Waals surface area contributed by atoms with Gasteiger partial charge < -0.3 is 15.8 Å². The first kappa shape index (κ1) is 9.73. The van der Waals surface area contributed by atoms with Crippen molar-refractivity contribution in [1.29, 1.82) is 0 Å². The van der Waals surface area contributed by atoms with Crippen LogP contribution in [0.5, 0.6) is 5.75 Å². The highest BCUT2D eigenvalue weighted by atomic mass is 16.3. The summed E-state index contributed by atoms with van der Waals surface area (Å²) in [6, 6.07) is 7.14. The van der Waals surface area contributed by atoms with Crippen LogP contribution < -0.4 is 11.3 Å². The second-order valence-corrected chi connectivity index (χ2v) is 3.37. The van der Waals surface area contributed by atoms with E-state index in [2.05, 4.69) is 4.98 Å². The molecule has 0 saturated carbocycles. The predicted octanol–water partition coefficient (Wildman–Crippen LogP) is 0.735. The maximum Gasteiger partial charge on any atom is 0.255 e. The van der Waals surface area contributed by atoms with E-state index >= 15 is 0 Å². The molecule has 4 heteroatoms. The minimum absolute atomic E-state index is 0.0415. The molecule has 0 aliphatic rings. The molecule has 0 aliphatic heterocycles. The summed E-state index contributed by atoms with van der Waals surface area (Å²) >= 11 is 0. The van der Waals surface area contributed by atoms with Crippen LogP contribution in [-0.4, -0.2) is 16.6 Å². The van der Waals surface area contributed by atoms with Gasteiger partial charge in [-0.3, -0.25) is 4.79 Å². The Morgan fingerprint density at radius 3 is 2.80 bits per heavy atom. The quantitative estimate of drug-likeness (QED) is 0.674. The number of fused-ring (bicyclic) bond motifs is 1. The topological polar surface area (TPSA) is 79.1 Å². The van der Waals surface area contributed by atoms with Gasteiger partial charge in [-0.1, -0.05) is 12.1 Å². The van der Waals surface area contributed by atoms with E-state index in [-0.39, 0.29) is 11.3 Å². The van der Waals surface area contributed by atoms with E-state index < -0.39 is 0 Å². The molecule has 1 aromatic carbocycles. The summed E-state index contributed by atoms with van der Waals surface area (Å²) in [6.07, 6.45) is 0.381. The van der Waals surface area contributed by atoms with Crippen LogP contribution in [0.1, 0.15) is 5.56 Å². The summed E-state index contributed by atoms with van der Waals surface area (Å²) < 4.78 is 0. The zero-order valence-corrected chi connectivity index (χ0v) is 8.16. The molecule has 0 unspecified atom stereocenters. The highest BCUT2D eigenvalue weighted by Gasteiger charge is 2.09. The normalized spacial score (nSPS) is 10.7. The number of aromatic nitrogens is 1. The molecule has 0 atom stereocenters. The molecule has 0 bridgehead atoms. The van der Waals surface area contributed by atoms with Crippen LogP contribution in [0.3, 0.4) is 0 Å². The fourth-order valence-electron chi connectivity index (χ4n) is 1.64. The van der Waals surface area contributed by atoms with Gasteiger partial charge in [-0.25, -0.2) is 0 Å². The Balaban J connectivity index is 2.78. The molecule has 1 heterocycles. The van der Waals surface area contributed by atoms with Crippen LogP contribution >= 0.6 is 0 Å². The molecule has 4 N–H and O–H groups in total. The lowest BCUT2D eigenvalue weighted by molar-refractivity contribution is 0.473. The van der Waals surface area contributed by atoms with E-state index in [9.17, 15) is 9.90 Å². The second kappa shape index (κ2) is 3.74. The molecular formula is C11H12N2O2. The van der Waals surface area contributed by atoms with E-state index in [1.807, 2.05) is 6.07 Å². The predicted molar refractivity (Wildman–Crippen MR) is 59.0 cm³/mol. The first-order valence-corrected chi connectivity index (χ1v) is 4.77. The van der Waals surface area contributed by atoms with Gasteiger partial charge in [0.25, 0.3) is 5.56 Å². The van der Waals surface area contributed by atoms with Crippen LogP contribution in [0.15, 0.2) is 29.1 Å². The number of pyridine rings is 1. The summed E-state index contributed by atoms with van der Waals surface area (Å²) in [5, 5.41) is 10.5. The number of aromatic amines is 1. The molecular weight excluding hydrogens is 192 g/mol. The van der Waals surface area contributed by atoms with E-state index in [4.69, 9.17) is 5.73 Å². The summed E-state index contributed by atoms with van der Waals surface area (Å²) in [5.41, 5.74) is 6.11. The van der Waals surface area contributed by atoms with E-state index in [0.29, 0.717) is 29.4 Å². The van der Waals surface area contributed by atoms with Gasteiger partial charge >= 0.3 is 0 Å². The zero-order valence-electron chi connectivity index (χ0n) is 8.16. The van der Waals surface area contributed by atoms with Gasteiger partial charge in [0.05, 0.1) is 11.1 Å². The fourth-order valence-corrected chi connectivity index (χ4v) is 1.64. The van der Waals surface area contributed by atoms with E-state index in [1.54, 1.807) is 18.2 Å². The molecule has 2 aromatic rings. The summed E-state index contributed by atoms with van der Waals surface area (Å²) in [5.74, 6) is 0.0415. The minimum atomic E-state index is -0.267. The largest absolute Gasteiger partial charge is 0.507 e. The van der Waals surface area contributed by atoms with Crippen molar-refractivity contribution in [2.45, 2.75) is 6.42 Å². The number of hydrogen-bond donors (Lipinski definition) is 3. The van der Waals surface area contributed by atoms with E-state index in [1.165, 1.54) is 0 Å². The SMILES string of the molecule is NCCc1c(O)c2ccccc2[nH]c1=O. The molecule has 0 radical (unpaired) electrons. The van der Waals surface area contributed by atoms with Crippen LogP contribution in [0, 0.1) is 0 Å². The van der Waals surface area contributed by atoms with Gasteiger partial charge in [0.1, 0.15) is 5.75 Å². The number of benzene rings is 1. The Kier molecular flexibility index (Phi) is 2.43. The Labute approximate surface area is 86.4 Å². The average Bonchev–Trinajstić information content (AvgIpc) is 2.24. The van der Waals surface area contributed by atoms with Crippen molar-refractivity contribution in [1.82, 2.24) is 4.98 Å². The monoisotopic (exact) mass is 204 g/mol. The first-order chi connectivity index (χ1) is 7.24. The molecule has 0 fully saturated rings. The number of para-hydroxylation sites is 1. The highest BCUT2D eigenvalue weighted by Crippen LogP contribution is 2.24. The third-order valence-electron chi connectivity index (χ3n) is 2.38. The number of H-pyrrole nitrogens is 1. The van der Waals surface area contributed by atoms with Crippen molar-refractivity contribution in [3.8, 4) is 5.75 Å². The van der Waals surface area contributed by atoms with Gasteiger partial charge in [-0.05, 0) is 25.1 Å².